The molecule has 8 heteroatoms. The van der Waals surface area contributed by atoms with Gasteiger partial charge in [-0.1, -0.05) is 6.92 Å². The SMILES string of the molecule is CCNC(COCC(F)(F)C(F)F)c1sccc1Br. The molecule has 0 saturated heterocycles. The number of alkyl halides is 4. The van der Waals surface area contributed by atoms with Crippen molar-refractivity contribution in [3.05, 3.63) is 20.8 Å². The lowest BCUT2D eigenvalue weighted by atomic mass is 10.2. The van der Waals surface area contributed by atoms with E-state index in [0.29, 0.717) is 6.54 Å². The van der Waals surface area contributed by atoms with Crippen LogP contribution in [-0.2, 0) is 4.74 Å². The molecule has 0 spiro atoms. The Balaban J connectivity index is 2.54. The summed E-state index contributed by atoms with van der Waals surface area (Å²) in [7, 11) is 0. The Morgan fingerprint density at radius 3 is 2.63 bits per heavy atom. The number of rotatable bonds is 8. The van der Waals surface area contributed by atoms with Crippen molar-refractivity contribution in [3.8, 4) is 0 Å². The second kappa shape index (κ2) is 7.56. The first kappa shape index (κ1) is 16.9. The van der Waals surface area contributed by atoms with Crippen molar-refractivity contribution in [3.63, 3.8) is 0 Å². The third-order valence-corrected chi connectivity index (χ3v) is 4.29. The first-order valence-electron chi connectivity index (χ1n) is 5.58. The Kier molecular flexibility index (Phi) is 6.72. The van der Waals surface area contributed by atoms with Gasteiger partial charge in [0, 0.05) is 9.35 Å². The molecule has 110 valence electrons. The molecular weight excluding hydrogens is 350 g/mol. The third kappa shape index (κ3) is 5.02. The molecule has 1 atom stereocenters. The summed E-state index contributed by atoms with van der Waals surface area (Å²) in [6.07, 6.45) is -3.71. The molecule has 1 rings (SSSR count). The van der Waals surface area contributed by atoms with Crippen LogP contribution in [0.15, 0.2) is 15.9 Å². The van der Waals surface area contributed by atoms with E-state index in [1.54, 1.807) is 0 Å². The van der Waals surface area contributed by atoms with E-state index < -0.39 is 19.0 Å². The van der Waals surface area contributed by atoms with Crippen LogP contribution in [-0.4, -0.2) is 32.1 Å². The molecule has 0 fully saturated rings. The first-order chi connectivity index (χ1) is 8.88. The highest BCUT2D eigenvalue weighted by Crippen LogP contribution is 2.30. The molecule has 0 aliphatic rings. The van der Waals surface area contributed by atoms with Gasteiger partial charge in [-0.05, 0) is 33.9 Å². The number of hydrogen-bond donors (Lipinski definition) is 1. The Labute approximate surface area is 121 Å². The number of likely N-dealkylation sites (N-methyl/N-ethyl adjacent to an activating group) is 1. The van der Waals surface area contributed by atoms with Gasteiger partial charge in [0.15, 0.2) is 0 Å². The molecule has 1 heterocycles. The molecule has 1 aromatic heterocycles. The smallest absolute Gasteiger partial charge is 0.330 e. The number of hydrogen-bond acceptors (Lipinski definition) is 3. The minimum absolute atomic E-state index is 0.0880. The van der Waals surface area contributed by atoms with Crippen LogP contribution in [0.4, 0.5) is 17.6 Å². The standard InChI is InChI=1S/C11H14BrF4NOS/c1-2-17-8(9-7(12)3-4-19-9)5-18-6-11(15,16)10(13)14/h3-4,8,10,17H,2,5-6H2,1H3. The third-order valence-electron chi connectivity index (χ3n) is 2.31. The van der Waals surface area contributed by atoms with Crippen LogP contribution in [0.25, 0.3) is 0 Å². The van der Waals surface area contributed by atoms with Gasteiger partial charge in [-0.25, -0.2) is 8.78 Å². The van der Waals surface area contributed by atoms with E-state index in [0.717, 1.165) is 9.35 Å². The second-order valence-electron chi connectivity index (χ2n) is 3.82. The summed E-state index contributed by atoms with van der Waals surface area (Å²) >= 11 is 4.78. The van der Waals surface area contributed by atoms with Gasteiger partial charge in [-0.15, -0.1) is 11.3 Å². The maximum Gasteiger partial charge on any atom is 0.330 e. The number of halogens is 5. The lowest BCUT2D eigenvalue weighted by Crippen LogP contribution is -2.34. The fourth-order valence-electron chi connectivity index (χ4n) is 1.40. The molecule has 0 radical (unpaired) electrons. The van der Waals surface area contributed by atoms with Crippen LogP contribution < -0.4 is 5.32 Å². The van der Waals surface area contributed by atoms with Gasteiger partial charge in [0.1, 0.15) is 6.61 Å². The highest BCUT2D eigenvalue weighted by Gasteiger charge is 2.41. The average Bonchev–Trinajstić information content (AvgIpc) is 2.74. The van der Waals surface area contributed by atoms with E-state index in [4.69, 9.17) is 4.74 Å². The van der Waals surface area contributed by atoms with Crippen molar-refractivity contribution >= 4 is 27.3 Å². The Morgan fingerprint density at radius 1 is 1.47 bits per heavy atom. The van der Waals surface area contributed by atoms with Crippen molar-refractivity contribution in [1.82, 2.24) is 5.32 Å². The quantitative estimate of drug-likeness (QED) is 0.702. The Morgan fingerprint density at radius 2 is 2.16 bits per heavy atom. The maximum absolute atomic E-state index is 12.7. The second-order valence-corrected chi connectivity index (χ2v) is 5.62. The lowest BCUT2D eigenvalue weighted by molar-refractivity contribution is -0.167. The van der Waals surface area contributed by atoms with Crippen LogP contribution in [0.3, 0.4) is 0 Å². The molecule has 0 amide bonds. The zero-order valence-corrected chi connectivity index (χ0v) is 12.5. The molecule has 0 aliphatic heterocycles. The monoisotopic (exact) mass is 363 g/mol. The molecule has 1 N–H and O–H groups in total. The molecular formula is C11H14BrF4NOS. The van der Waals surface area contributed by atoms with E-state index >= 15 is 0 Å². The van der Waals surface area contributed by atoms with Crippen LogP contribution in [0.1, 0.15) is 17.8 Å². The topological polar surface area (TPSA) is 21.3 Å². The largest absolute Gasteiger partial charge is 0.373 e. The van der Waals surface area contributed by atoms with Gasteiger partial charge >= 0.3 is 12.3 Å². The Bertz CT molecular complexity index is 389. The van der Waals surface area contributed by atoms with Gasteiger partial charge in [0.25, 0.3) is 0 Å². The predicted molar refractivity (Wildman–Crippen MR) is 70.2 cm³/mol. The predicted octanol–water partition coefficient (Wildman–Crippen LogP) is 4.08. The van der Waals surface area contributed by atoms with E-state index in [1.165, 1.54) is 11.3 Å². The van der Waals surface area contributed by atoms with Crippen molar-refractivity contribution in [2.24, 2.45) is 0 Å². The number of ether oxygens (including phenoxy) is 1. The molecule has 0 bridgehead atoms. The maximum atomic E-state index is 12.7. The minimum Gasteiger partial charge on any atom is -0.373 e. The van der Waals surface area contributed by atoms with Gasteiger partial charge in [-0.3, -0.25) is 0 Å². The Hall–Kier alpha value is -0.180. The molecule has 2 nitrogen and oxygen atoms in total. The summed E-state index contributed by atoms with van der Waals surface area (Å²) in [5.74, 6) is -4.11. The van der Waals surface area contributed by atoms with E-state index in [2.05, 4.69) is 21.2 Å². The van der Waals surface area contributed by atoms with E-state index in [-0.39, 0.29) is 12.6 Å². The van der Waals surface area contributed by atoms with Gasteiger partial charge in [-0.2, -0.15) is 8.78 Å². The summed E-state index contributed by atoms with van der Waals surface area (Å²) in [5.41, 5.74) is 0. The minimum atomic E-state index is -4.11. The summed E-state index contributed by atoms with van der Waals surface area (Å²) in [6.45, 7) is 1.11. The summed E-state index contributed by atoms with van der Waals surface area (Å²) in [6, 6.07) is 1.53. The van der Waals surface area contributed by atoms with E-state index in [1.807, 2.05) is 18.4 Å². The number of thiophene rings is 1. The summed E-state index contributed by atoms with van der Waals surface area (Å²) < 4.78 is 54.9. The van der Waals surface area contributed by atoms with Crippen molar-refractivity contribution in [2.75, 3.05) is 19.8 Å². The average molecular weight is 364 g/mol. The fourth-order valence-corrected chi connectivity index (χ4v) is 3.11. The van der Waals surface area contributed by atoms with E-state index in [9.17, 15) is 17.6 Å². The molecule has 0 aromatic carbocycles. The highest BCUT2D eigenvalue weighted by molar-refractivity contribution is 9.10. The van der Waals surface area contributed by atoms with Gasteiger partial charge < -0.3 is 10.1 Å². The fraction of sp³-hybridized carbons (Fsp3) is 0.636. The van der Waals surface area contributed by atoms with Crippen LogP contribution in [0.5, 0.6) is 0 Å². The summed E-state index contributed by atoms with van der Waals surface area (Å²) in [5, 5.41) is 4.91. The summed E-state index contributed by atoms with van der Waals surface area (Å²) in [4.78, 5) is 0.891. The van der Waals surface area contributed by atoms with Gasteiger partial charge in [0.05, 0.1) is 12.6 Å². The first-order valence-corrected chi connectivity index (χ1v) is 7.25. The molecule has 1 unspecified atom stereocenters. The molecule has 0 saturated carbocycles. The molecule has 19 heavy (non-hydrogen) atoms. The van der Waals surface area contributed by atoms with Gasteiger partial charge in [0.2, 0.25) is 0 Å². The molecule has 0 aliphatic carbocycles. The lowest BCUT2D eigenvalue weighted by Gasteiger charge is -2.20. The van der Waals surface area contributed by atoms with Crippen molar-refractivity contribution < 1.29 is 22.3 Å². The van der Waals surface area contributed by atoms with Crippen molar-refractivity contribution in [2.45, 2.75) is 25.3 Å². The zero-order chi connectivity index (χ0) is 14.5. The zero-order valence-electron chi connectivity index (χ0n) is 10.1. The number of nitrogens with one attached hydrogen (secondary N) is 1. The molecule has 1 aromatic rings. The normalized spacial score (nSPS) is 14.1. The van der Waals surface area contributed by atoms with Crippen LogP contribution in [0, 0.1) is 0 Å². The van der Waals surface area contributed by atoms with Crippen LogP contribution in [0.2, 0.25) is 0 Å². The van der Waals surface area contributed by atoms with Crippen molar-refractivity contribution in [1.29, 1.82) is 0 Å². The highest BCUT2D eigenvalue weighted by atomic mass is 79.9. The van der Waals surface area contributed by atoms with Crippen LogP contribution >= 0.6 is 27.3 Å².